The highest BCUT2D eigenvalue weighted by atomic mass is 19.1. The SMILES string of the molecule is CC(C)CNCc1cccc(F)c1N(C)C1CC1. The molecule has 1 aliphatic carbocycles. The molecule has 0 heterocycles. The lowest BCUT2D eigenvalue weighted by atomic mass is 10.1. The summed E-state index contributed by atoms with van der Waals surface area (Å²) in [5.74, 6) is 0.511. The van der Waals surface area contributed by atoms with Crippen molar-refractivity contribution in [2.75, 3.05) is 18.5 Å². The minimum absolute atomic E-state index is 0.103. The van der Waals surface area contributed by atoms with Gasteiger partial charge in [0.1, 0.15) is 5.82 Å². The van der Waals surface area contributed by atoms with Crippen LogP contribution in [0.3, 0.4) is 0 Å². The van der Waals surface area contributed by atoms with Gasteiger partial charge >= 0.3 is 0 Å². The lowest BCUT2D eigenvalue weighted by Crippen LogP contribution is -2.25. The van der Waals surface area contributed by atoms with E-state index in [4.69, 9.17) is 0 Å². The molecule has 1 aromatic carbocycles. The fourth-order valence-corrected chi connectivity index (χ4v) is 2.24. The Balaban J connectivity index is 2.10. The summed E-state index contributed by atoms with van der Waals surface area (Å²) in [6.07, 6.45) is 2.37. The van der Waals surface area contributed by atoms with E-state index in [2.05, 4.69) is 24.1 Å². The predicted molar refractivity (Wildman–Crippen MR) is 74.4 cm³/mol. The molecule has 0 saturated heterocycles. The number of rotatable bonds is 6. The topological polar surface area (TPSA) is 15.3 Å². The van der Waals surface area contributed by atoms with Gasteiger partial charge in [-0.15, -0.1) is 0 Å². The quantitative estimate of drug-likeness (QED) is 0.834. The van der Waals surface area contributed by atoms with Crippen LogP contribution in [-0.2, 0) is 6.54 Å². The molecule has 0 aliphatic heterocycles. The fourth-order valence-electron chi connectivity index (χ4n) is 2.24. The highest BCUT2D eigenvalue weighted by Gasteiger charge is 2.29. The molecule has 0 amide bonds. The monoisotopic (exact) mass is 250 g/mol. The summed E-state index contributed by atoms with van der Waals surface area (Å²) in [7, 11) is 2.00. The Kier molecular flexibility index (Phi) is 4.23. The summed E-state index contributed by atoms with van der Waals surface area (Å²) in [5, 5.41) is 3.39. The van der Waals surface area contributed by atoms with Gasteiger partial charge in [0.25, 0.3) is 0 Å². The van der Waals surface area contributed by atoms with E-state index in [1.807, 2.05) is 13.1 Å². The zero-order valence-corrected chi connectivity index (χ0v) is 11.5. The van der Waals surface area contributed by atoms with Gasteiger partial charge in [-0.25, -0.2) is 4.39 Å². The van der Waals surface area contributed by atoms with Crippen LogP contribution in [0.1, 0.15) is 32.3 Å². The van der Waals surface area contributed by atoms with Crippen molar-refractivity contribution in [1.82, 2.24) is 5.32 Å². The maximum absolute atomic E-state index is 14.0. The largest absolute Gasteiger partial charge is 0.369 e. The Morgan fingerprint density at radius 1 is 1.39 bits per heavy atom. The first kappa shape index (κ1) is 13.3. The Hall–Kier alpha value is -1.09. The number of hydrogen-bond donors (Lipinski definition) is 1. The number of benzene rings is 1. The van der Waals surface area contributed by atoms with E-state index in [0.29, 0.717) is 12.0 Å². The van der Waals surface area contributed by atoms with Crippen molar-refractivity contribution in [2.45, 2.75) is 39.3 Å². The maximum atomic E-state index is 14.0. The molecule has 3 heteroatoms. The van der Waals surface area contributed by atoms with Crippen molar-refractivity contribution in [3.8, 4) is 0 Å². The lowest BCUT2D eigenvalue weighted by molar-refractivity contribution is 0.549. The summed E-state index contributed by atoms with van der Waals surface area (Å²) in [6, 6.07) is 5.90. The van der Waals surface area contributed by atoms with E-state index in [1.165, 1.54) is 12.8 Å². The number of nitrogens with zero attached hydrogens (tertiary/aromatic N) is 1. The molecule has 2 rings (SSSR count). The molecule has 0 bridgehead atoms. The number of anilines is 1. The van der Waals surface area contributed by atoms with E-state index in [-0.39, 0.29) is 5.82 Å². The number of nitrogens with one attached hydrogen (secondary N) is 1. The van der Waals surface area contributed by atoms with Crippen molar-refractivity contribution in [1.29, 1.82) is 0 Å². The third-order valence-corrected chi connectivity index (χ3v) is 3.39. The molecule has 2 nitrogen and oxygen atoms in total. The molecular formula is C15H23FN2. The molecule has 0 radical (unpaired) electrons. The molecule has 0 aromatic heterocycles. The zero-order chi connectivity index (χ0) is 13.1. The second-order valence-corrected chi connectivity index (χ2v) is 5.61. The molecule has 0 unspecified atom stereocenters. The molecule has 1 aromatic rings. The van der Waals surface area contributed by atoms with Gasteiger partial charge in [-0.1, -0.05) is 26.0 Å². The second kappa shape index (κ2) is 5.70. The molecule has 1 saturated carbocycles. The van der Waals surface area contributed by atoms with E-state index < -0.39 is 0 Å². The van der Waals surface area contributed by atoms with Gasteiger partial charge in [0.15, 0.2) is 0 Å². The van der Waals surface area contributed by atoms with Crippen LogP contribution in [0, 0.1) is 11.7 Å². The van der Waals surface area contributed by atoms with Crippen molar-refractivity contribution in [2.24, 2.45) is 5.92 Å². The van der Waals surface area contributed by atoms with E-state index >= 15 is 0 Å². The maximum Gasteiger partial charge on any atom is 0.146 e. The van der Waals surface area contributed by atoms with Crippen molar-refractivity contribution >= 4 is 5.69 Å². The van der Waals surface area contributed by atoms with Crippen LogP contribution in [0.25, 0.3) is 0 Å². The van der Waals surface area contributed by atoms with E-state index in [9.17, 15) is 4.39 Å². The Morgan fingerprint density at radius 3 is 2.72 bits per heavy atom. The summed E-state index contributed by atoms with van der Waals surface area (Å²) >= 11 is 0. The van der Waals surface area contributed by atoms with Gasteiger partial charge in [-0.05, 0) is 36.9 Å². The van der Waals surface area contributed by atoms with E-state index in [1.54, 1.807) is 12.1 Å². The smallest absolute Gasteiger partial charge is 0.146 e. The molecule has 0 atom stereocenters. The minimum Gasteiger partial charge on any atom is -0.369 e. The first-order chi connectivity index (χ1) is 8.59. The molecule has 0 spiro atoms. The van der Waals surface area contributed by atoms with Gasteiger partial charge in [-0.3, -0.25) is 0 Å². The predicted octanol–water partition coefficient (Wildman–Crippen LogP) is 3.17. The van der Waals surface area contributed by atoms with Gasteiger partial charge in [0.05, 0.1) is 5.69 Å². The van der Waals surface area contributed by atoms with Crippen LogP contribution in [0.4, 0.5) is 10.1 Å². The lowest BCUT2D eigenvalue weighted by Gasteiger charge is -2.23. The summed E-state index contributed by atoms with van der Waals surface area (Å²) in [5.41, 5.74) is 1.83. The molecule has 100 valence electrons. The summed E-state index contributed by atoms with van der Waals surface area (Å²) in [6.45, 7) is 6.05. The zero-order valence-electron chi connectivity index (χ0n) is 11.5. The standard InChI is InChI=1S/C15H23FN2/c1-11(2)9-17-10-12-5-4-6-14(16)15(12)18(3)13-7-8-13/h4-6,11,13,17H,7-10H2,1-3H3. The van der Waals surface area contributed by atoms with Crippen LogP contribution in [0.2, 0.25) is 0 Å². The Labute approximate surface area is 109 Å². The first-order valence-corrected chi connectivity index (χ1v) is 6.80. The fraction of sp³-hybridized carbons (Fsp3) is 0.600. The van der Waals surface area contributed by atoms with Crippen molar-refractivity contribution < 1.29 is 4.39 Å². The van der Waals surface area contributed by atoms with Gasteiger partial charge in [0, 0.05) is 19.6 Å². The number of halogens is 1. The van der Waals surface area contributed by atoms with Crippen LogP contribution < -0.4 is 10.2 Å². The van der Waals surface area contributed by atoms with Crippen molar-refractivity contribution in [3.05, 3.63) is 29.6 Å². The summed E-state index contributed by atoms with van der Waals surface area (Å²) in [4.78, 5) is 2.10. The minimum atomic E-state index is -0.103. The second-order valence-electron chi connectivity index (χ2n) is 5.61. The van der Waals surface area contributed by atoms with Gasteiger partial charge < -0.3 is 10.2 Å². The third kappa shape index (κ3) is 3.22. The van der Waals surface area contributed by atoms with Crippen LogP contribution in [0.5, 0.6) is 0 Å². The highest BCUT2D eigenvalue weighted by molar-refractivity contribution is 5.55. The Bertz CT molecular complexity index is 399. The molecule has 18 heavy (non-hydrogen) atoms. The van der Waals surface area contributed by atoms with E-state index in [0.717, 1.165) is 24.3 Å². The van der Waals surface area contributed by atoms with Crippen LogP contribution in [0.15, 0.2) is 18.2 Å². The average molecular weight is 250 g/mol. The molecule has 1 N–H and O–H groups in total. The van der Waals surface area contributed by atoms with Gasteiger partial charge in [-0.2, -0.15) is 0 Å². The van der Waals surface area contributed by atoms with Gasteiger partial charge in [0.2, 0.25) is 0 Å². The Morgan fingerprint density at radius 2 is 2.11 bits per heavy atom. The van der Waals surface area contributed by atoms with Crippen LogP contribution in [-0.4, -0.2) is 19.6 Å². The number of hydrogen-bond acceptors (Lipinski definition) is 2. The number of para-hydroxylation sites is 1. The van der Waals surface area contributed by atoms with Crippen molar-refractivity contribution in [3.63, 3.8) is 0 Å². The van der Waals surface area contributed by atoms with Crippen LogP contribution >= 0.6 is 0 Å². The highest BCUT2D eigenvalue weighted by Crippen LogP contribution is 2.33. The normalized spacial score (nSPS) is 15.2. The summed E-state index contributed by atoms with van der Waals surface area (Å²) < 4.78 is 14.0. The molecule has 1 fully saturated rings. The third-order valence-electron chi connectivity index (χ3n) is 3.39. The average Bonchev–Trinajstić information content (AvgIpc) is 3.11. The first-order valence-electron chi connectivity index (χ1n) is 6.80. The molecular weight excluding hydrogens is 227 g/mol. The molecule has 1 aliphatic rings.